The zero-order chi connectivity index (χ0) is 11.5. The first-order chi connectivity index (χ1) is 7.68. The highest BCUT2D eigenvalue weighted by atomic mass is 32.1. The van der Waals surface area contributed by atoms with Gasteiger partial charge in [-0.05, 0) is 24.3 Å². The van der Waals surface area contributed by atoms with Gasteiger partial charge in [-0.3, -0.25) is 9.59 Å². The lowest BCUT2D eigenvalue weighted by Gasteiger charge is -2.20. The molecule has 0 radical (unpaired) electrons. The van der Waals surface area contributed by atoms with E-state index >= 15 is 0 Å². The summed E-state index contributed by atoms with van der Waals surface area (Å²) in [5, 5.41) is 10.5. The Morgan fingerprint density at radius 2 is 2.25 bits per heavy atom. The van der Waals surface area contributed by atoms with E-state index in [4.69, 9.17) is 5.11 Å². The van der Waals surface area contributed by atoms with Crippen molar-refractivity contribution in [2.24, 2.45) is 0 Å². The van der Waals surface area contributed by atoms with Gasteiger partial charge in [0.25, 0.3) is 5.91 Å². The Hall–Kier alpha value is -1.36. The summed E-state index contributed by atoms with van der Waals surface area (Å²) in [7, 11) is 0. The monoisotopic (exact) mass is 239 g/mol. The van der Waals surface area contributed by atoms with Crippen molar-refractivity contribution in [1.82, 2.24) is 4.90 Å². The third kappa shape index (κ3) is 2.61. The number of hydrogen-bond donors (Lipinski definition) is 1. The number of thiophene rings is 1. The topological polar surface area (TPSA) is 57.6 Å². The number of aliphatic carboxylic acids is 1. The Morgan fingerprint density at radius 1 is 1.50 bits per heavy atom. The Morgan fingerprint density at radius 3 is 2.75 bits per heavy atom. The summed E-state index contributed by atoms with van der Waals surface area (Å²) >= 11 is 1.40. The van der Waals surface area contributed by atoms with Gasteiger partial charge in [0.1, 0.15) is 0 Å². The lowest BCUT2D eigenvalue weighted by Crippen LogP contribution is -2.34. The van der Waals surface area contributed by atoms with E-state index < -0.39 is 5.97 Å². The fourth-order valence-corrected chi connectivity index (χ4v) is 2.27. The van der Waals surface area contributed by atoms with Gasteiger partial charge in [0.15, 0.2) is 0 Å². The Balaban J connectivity index is 2.01. The van der Waals surface area contributed by atoms with Crippen LogP contribution in [-0.2, 0) is 4.79 Å². The second kappa shape index (κ2) is 4.65. The molecule has 1 N–H and O–H groups in total. The maximum absolute atomic E-state index is 12.0. The minimum atomic E-state index is -0.857. The molecule has 1 aliphatic carbocycles. The molecular formula is C11H13NO3S. The normalized spacial score (nSPS) is 14.8. The van der Waals surface area contributed by atoms with Crippen LogP contribution >= 0.6 is 11.3 Å². The van der Waals surface area contributed by atoms with Crippen molar-refractivity contribution in [3.63, 3.8) is 0 Å². The predicted octanol–water partition coefficient (Wildman–Crippen LogP) is 1.83. The smallest absolute Gasteiger partial charge is 0.305 e. The number of carboxylic acids is 1. The third-order valence-electron chi connectivity index (χ3n) is 2.55. The van der Waals surface area contributed by atoms with Crippen molar-refractivity contribution in [2.45, 2.75) is 25.3 Å². The summed E-state index contributed by atoms with van der Waals surface area (Å²) in [5.74, 6) is -0.886. The lowest BCUT2D eigenvalue weighted by atomic mass is 10.3. The van der Waals surface area contributed by atoms with Crippen molar-refractivity contribution in [3.05, 3.63) is 22.4 Å². The Kier molecular flexibility index (Phi) is 3.24. The molecular weight excluding hydrogens is 226 g/mol. The van der Waals surface area contributed by atoms with E-state index in [0.29, 0.717) is 11.4 Å². The highest BCUT2D eigenvalue weighted by molar-refractivity contribution is 7.12. The molecule has 4 nitrogen and oxygen atoms in total. The molecule has 0 atom stereocenters. The van der Waals surface area contributed by atoms with Crippen molar-refractivity contribution >= 4 is 23.2 Å². The number of amides is 1. The first-order valence-corrected chi connectivity index (χ1v) is 6.12. The lowest BCUT2D eigenvalue weighted by molar-refractivity contribution is -0.137. The molecule has 1 saturated carbocycles. The number of carbonyl (C=O) groups excluding carboxylic acids is 1. The number of carbonyl (C=O) groups is 2. The van der Waals surface area contributed by atoms with Crippen LogP contribution in [0.3, 0.4) is 0 Å². The molecule has 0 unspecified atom stereocenters. The molecule has 0 saturated heterocycles. The molecule has 0 aromatic carbocycles. The maximum Gasteiger partial charge on any atom is 0.305 e. The van der Waals surface area contributed by atoms with Gasteiger partial charge in [-0.2, -0.15) is 0 Å². The molecule has 1 heterocycles. The van der Waals surface area contributed by atoms with Crippen LogP contribution < -0.4 is 0 Å². The number of carboxylic acid groups (broad SMARTS) is 1. The highest BCUT2D eigenvalue weighted by Crippen LogP contribution is 2.29. The summed E-state index contributed by atoms with van der Waals surface area (Å²) in [6.07, 6.45) is 2.01. The molecule has 86 valence electrons. The standard InChI is InChI=1S/C11H13NO3S/c13-10(14)5-6-12(8-3-4-8)11(15)9-2-1-7-16-9/h1-2,7-8H,3-6H2,(H,13,14). The fraction of sp³-hybridized carbons (Fsp3) is 0.455. The molecule has 5 heteroatoms. The molecule has 1 aromatic heterocycles. The van der Waals surface area contributed by atoms with Crippen LogP contribution in [0.2, 0.25) is 0 Å². The van der Waals surface area contributed by atoms with Crippen LogP contribution in [0, 0.1) is 0 Å². The largest absolute Gasteiger partial charge is 0.481 e. The average Bonchev–Trinajstić information content (AvgIpc) is 2.93. The first kappa shape index (κ1) is 11.1. The predicted molar refractivity (Wildman–Crippen MR) is 60.6 cm³/mol. The molecule has 1 aromatic rings. The van der Waals surface area contributed by atoms with E-state index in [-0.39, 0.29) is 18.4 Å². The molecule has 0 bridgehead atoms. The molecule has 1 aliphatic rings. The van der Waals surface area contributed by atoms with Gasteiger partial charge in [0, 0.05) is 12.6 Å². The van der Waals surface area contributed by atoms with E-state index in [9.17, 15) is 9.59 Å². The maximum atomic E-state index is 12.0. The van der Waals surface area contributed by atoms with Crippen LogP contribution in [0.5, 0.6) is 0 Å². The van der Waals surface area contributed by atoms with Gasteiger partial charge in [0.2, 0.25) is 0 Å². The number of rotatable bonds is 5. The summed E-state index contributed by atoms with van der Waals surface area (Å²) in [4.78, 5) is 25.0. The van der Waals surface area contributed by atoms with E-state index in [1.807, 2.05) is 11.4 Å². The van der Waals surface area contributed by atoms with Crippen LogP contribution in [0.15, 0.2) is 17.5 Å². The van der Waals surface area contributed by atoms with Crippen molar-refractivity contribution in [3.8, 4) is 0 Å². The summed E-state index contributed by atoms with van der Waals surface area (Å²) < 4.78 is 0. The van der Waals surface area contributed by atoms with Gasteiger partial charge >= 0.3 is 5.97 Å². The second-order valence-corrected chi connectivity index (χ2v) is 4.80. The van der Waals surface area contributed by atoms with E-state index in [1.165, 1.54) is 11.3 Å². The molecule has 2 rings (SSSR count). The van der Waals surface area contributed by atoms with E-state index in [1.54, 1.807) is 11.0 Å². The third-order valence-corrected chi connectivity index (χ3v) is 3.40. The van der Waals surface area contributed by atoms with Crippen LogP contribution in [0.25, 0.3) is 0 Å². The zero-order valence-corrected chi connectivity index (χ0v) is 9.57. The van der Waals surface area contributed by atoms with Gasteiger partial charge in [-0.15, -0.1) is 11.3 Å². The molecule has 0 aliphatic heterocycles. The quantitative estimate of drug-likeness (QED) is 0.852. The van der Waals surface area contributed by atoms with E-state index in [2.05, 4.69) is 0 Å². The van der Waals surface area contributed by atoms with Gasteiger partial charge in [-0.25, -0.2) is 0 Å². The summed E-state index contributed by atoms with van der Waals surface area (Å²) in [5.41, 5.74) is 0. The second-order valence-electron chi connectivity index (χ2n) is 3.85. The first-order valence-electron chi connectivity index (χ1n) is 5.25. The van der Waals surface area contributed by atoms with Crippen LogP contribution in [-0.4, -0.2) is 34.5 Å². The van der Waals surface area contributed by atoms with Gasteiger partial charge < -0.3 is 10.0 Å². The zero-order valence-electron chi connectivity index (χ0n) is 8.76. The molecule has 0 spiro atoms. The Labute approximate surface area is 97.5 Å². The fourth-order valence-electron chi connectivity index (χ4n) is 1.59. The van der Waals surface area contributed by atoms with Crippen LogP contribution in [0.1, 0.15) is 28.9 Å². The van der Waals surface area contributed by atoms with Gasteiger partial charge in [-0.1, -0.05) is 6.07 Å². The Bertz CT molecular complexity index is 384. The van der Waals surface area contributed by atoms with Gasteiger partial charge in [0.05, 0.1) is 11.3 Å². The van der Waals surface area contributed by atoms with Crippen molar-refractivity contribution in [2.75, 3.05) is 6.54 Å². The van der Waals surface area contributed by atoms with E-state index in [0.717, 1.165) is 12.8 Å². The molecule has 1 amide bonds. The van der Waals surface area contributed by atoms with Crippen molar-refractivity contribution < 1.29 is 14.7 Å². The van der Waals surface area contributed by atoms with Crippen LogP contribution in [0.4, 0.5) is 0 Å². The number of nitrogens with zero attached hydrogens (tertiary/aromatic N) is 1. The minimum Gasteiger partial charge on any atom is -0.481 e. The summed E-state index contributed by atoms with van der Waals surface area (Å²) in [6.45, 7) is 0.316. The minimum absolute atomic E-state index is 0.0214. The van der Waals surface area contributed by atoms with Crippen molar-refractivity contribution in [1.29, 1.82) is 0 Å². The highest BCUT2D eigenvalue weighted by Gasteiger charge is 2.33. The molecule has 1 fully saturated rings. The SMILES string of the molecule is O=C(O)CCN(C(=O)c1cccs1)C1CC1. The number of hydrogen-bond acceptors (Lipinski definition) is 3. The summed E-state index contributed by atoms with van der Waals surface area (Å²) in [6, 6.07) is 3.87. The average molecular weight is 239 g/mol. The molecule has 16 heavy (non-hydrogen) atoms.